The molecule has 0 aliphatic carbocycles. The number of nitro groups is 1. The third-order valence-corrected chi connectivity index (χ3v) is 4.30. The SMILES string of the molecule is O=[N+]([O-])c1ccc(Cn2c(-c3ccccc3)nnc2-c2ccccc2)cc1. The van der Waals surface area contributed by atoms with Gasteiger partial charge in [-0.3, -0.25) is 10.1 Å². The zero-order valence-corrected chi connectivity index (χ0v) is 14.4. The largest absolute Gasteiger partial charge is 0.303 e. The minimum Gasteiger partial charge on any atom is -0.303 e. The van der Waals surface area contributed by atoms with Crippen LogP contribution in [0.15, 0.2) is 84.9 Å². The standard InChI is InChI=1S/C21H16N4O2/c26-25(27)19-13-11-16(12-14-19)15-24-20(17-7-3-1-4-8-17)22-23-21(24)18-9-5-2-6-10-18/h1-14H,15H2. The molecule has 27 heavy (non-hydrogen) atoms. The van der Waals surface area contributed by atoms with Gasteiger partial charge in [-0.15, -0.1) is 10.2 Å². The summed E-state index contributed by atoms with van der Waals surface area (Å²) in [6, 6.07) is 26.3. The average Bonchev–Trinajstić information content (AvgIpc) is 3.13. The van der Waals surface area contributed by atoms with Gasteiger partial charge in [-0.25, -0.2) is 0 Å². The van der Waals surface area contributed by atoms with Crippen LogP contribution in [-0.2, 0) is 6.54 Å². The van der Waals surface area contributed by atoms with E-state index in [2.05, 4.69) is 10.2 Å². The van der Waals surface area contributed by atoms with E-state index in [-0.39, 0.29) is 5.69 Å². The predicted octanol–water partition coefficient (Wildman–Crippen LogP) is 4.57. The third-order valence-electron chi connectivity index (χ3n) is 4.30. The van der Waals surface area contributed by atoms with Crippen molar-refractivity contribution in [1.82, 2.24) is 14.8 Å². The monoisotopic (exact) mass is 356 g/mol. The van der Waals surface area contributed by atoms with Crippen molar-refractivity contribution < 1.29 is 4.92 Å². The van der Waals surface area contributed by atoms with Crippen molar-refractivity contribution in [3.63, 3.8) is 0 Å². The molecule has 0 N–H and O–H groups in total. The maximum Gasteiger partial charge on any atom is 0.269 e. The molecule has 1 aromatic heterocycles. The number of benzene rings is 3. The van der Waals surface area contributed by atoms with Gasteiger partial charge in [-0.05, 0) is 5.56 Å². The third kappa shape index (κ3) is 3.46. The molecule has 4 rings (SSSR count). The van der Waals surface area contributed by atoms with Crippen LogP contribution in [-0.4, -0.2) is 19.7 Å². The number of rotatable bonds is 5. The van der Waals surface area contributed by atoms with Crippen LogP contribution in [0.3, 0.4) is 0 Å². The van der Waals surface area contributed by atoms with Crippen LogP contribution in [0.4, 0.5) is 5.69 Å². The molecule has 0 aliphatic heterocycles. The molecule has 132 valence electrons. The van der Waals surface area contributed by atoms with Gasteiger partial charge in [0.1, 0.15) is 0 Å². The fraction of sp³-hybridized carbons (Fsp3) is 0.0476. The Labute approximate surface area is 155 Å². The highest BCUT2D eigenvalue weighted by molar-refractivity contribution is 5.62. The molecule has 0 unspecified atom stereocenters. The fourth-order valence-corrected chi connectivity index (χ4v) is 2.96. The molecule has 1 heterocycles. The Morgan fingerprint density at radius 2 is 1.22 bits per heavy atom. The Balaban J connectivity index is 1.79. The van der Waals surface area contributed by atoms with E-state index in [1.807, 2.05) is 65.2 Å². The Morgan fingerprint density at radius 1 is 0.741 bits per heavy atom. The number of hydrogen-bond acceptors (Lipinski definition) is 4. The number of non-ortho nitro benzene ring substituents is 1. The highest BCUT2D eigenvalue weighted by Gasteiger charge is 2.16. The van der Waals surface area contributed by atoms with E-state index >= 15 is 0 Å². The summed E-state index contributed by atoms with van der Waals surface area (Å²) in [6.45, 7) is 0.513. The minimum atomic E-state index is -0.395. The Hall–Kier alpha value is -3.80. The van der Waals surface area contributed by atoms with Crippen LogP contribution in [0.1, 0.15) is 5.56 Å². The second kappa shape index (κ2) is 7.21. The second-order valence-corrected chi connectivity index (χ2v) is 6.09. The van der Waals surface area contributed by atoms with Crippen molar-refractivity contribution in [3.05, 3.63) is 101 Å². The van der Waals surface area contributed by atoms with Gasteiger partial charge in [0.2, 0.25) is 0 Å². The van der Waals surface area contributed by atoms with Crippen LogP contribution in [0.2, 0.25) is 0 Å². The van der Waals surface area contributed by atoms with Gasteiger partial charge in [0.15, 0.2) is 11.6 Å². The molecule has 0 saturated heterocycles. The summed E-state index contributed by atoms with van der Waals surface area (Å²) in [5.74, 6) is 1.51. The van der Waals surface area contributed by atoms with Crippen molar-refractivity contribution in [1.29, 1.82) is 0 Å². The normalized spacial score (nSPS) is 10.7. The summed E-state index contributed by atoms with van der Waals surface area (Å²) in [5, 5.41) is 19.7. The maximum absolute atomic E-state index is 10.9. The average molecular weight is 356 g/mol. The van der Waals surface area contributed by atoms with Crippen molar-refractivity contribution >= 4 is 5.69 Å². The van der Waals surface area contributed by atoms with Crippen molar-refractivity contribution in [2.24, 2.45) is 0 Å². The minimum absolute atomic E-state index is 0.0778. The number of hydrogen-bond donors (Lipinski definition) is 0. The van der Waals surface area contributed by atoms with Crippen LogP contribution >= 0.6 is 0 Å². The van der Waals surface area contributed by atoms with Gasteiger partial charge in [-0.1, -0.05) is 72.8 Å². The maximum atomic E-state index is 10.9. The fourth-order valence-electron chi connectivity index (χ4n) is 2.96. The summed E-state index contributed by atoms with van der Waals surface area (Å²) in [6.07, 6.45) is 0. The summed E-state index contributed by atoms with van der Waals surface area (Å²) in [7, 11) is 0. The molecule has 3 aromatic carbocycles. The summed E-state index contributed by atoms with van der Waals surface area (Å²) < 4.78 is 2.03. The molecule has 6 heteroatoms. The van der Waals surface area contributed by atoms with Crippen molar-refractivity contribution in [2.75, 3.05) is 0 Å². The summed E-state index contributed by atoms with van der Waals surface area (Å²) >= 11 is 0. The molecular weight excluding hydrogens is 340 g/mol. The Bertz CT molecular complexity index is 1000. The van der Waals surface area contributed by atoms with E-state index in [0.29, 0.717) is 6.54 Å². The lowest BCUT2D eigenvalue weighted by molar-refractivity contribution is -0.384. The van der Waals surface area contributed by atoms with E-state index in [9.17, 15) is 10.1 Å². The van der Waals surface area contributed by atoms with E-state index in [1.54, 1.807) is 12.1 Å². The topological polar surface area (TPSA) is 73.8 Å². The molecular formula is C21H16N4O2. The zero-order chi connectivity index (χ0) is 18.6. The number of aromatic nitrogens is 3. The lowest BCUT2D eigenvalue weighted by atomic mass is 10.1. The molecule has 0 fully saturated rings. The smallest absolute Gasteiger partial charge is 0.269 e. The highest BCUT2D eigenvalue weighted by atomic mass is 16.6. The van der Waals surface area contributed by atoms with Gasteiger partial charge in [0.05, 0.1) is 11.5 Å². The quantitative estimate of drug-likeness (QED) is 0.388. The Morgan fingerprint density at radius 3 is 1.67 bits per heavy atom. The first-order valence-corrected chi connectivity index (χ1v) is 8.50. The van der Waals surface area contributed by atoms with Crippen LogP contribution in [0.5, 0.6) is 0 Å². The molecule has 0 atom stereocenters. The zero-order valence-electron chi connectivity index (χ0n) is 14.4. The first kappa shape index (κ1) is 16.7. The first-order valence-electron chi connectivity index (χ1n) is 8.50. The number of nitro benzene ring substituents is 1. The van der Waals surface area contributed by atoms with E-state index in [0.717, 1.165) is 28.3 Å². The molecule has 0 aliphatic rings. The summed E-state index contributed by atoms with van der Waals surface area (Å²) in [4.78, 5) is 10.5. The lowest BCUT2D eigenvalue weighted by Gasteiger charge is -2.11. The van der Waals surface area contributed by atoms with Crippen LogP contribution in [0.25, 0.3) is 22.8 Å². The van der Waals surface area contributed by atoms with Crippen LogP contribution < -0.4 is 0 Å². The van der Waals surface area contributed by atoms with Gasteiger partial charge in [0, 0.05) is 23.3 Å². The van der Waals surface area contributed by atoms with Crippen molar-refractivity contribution in [2.45, 2.75) is 6.54 Å². The van der Waals surface area contributed by atoms with E-state index < -0.39 is 4.92 Å². The highest BCUT2D eigenvalue weighted by Crippen LogP contribution is 2.26. The molecule has 0 amide bonds. The molecule has 4 aromatic rings. The van der Waals surface area contributed by atoms with E-state index in [4.69, 9.17) is 0 Å². The molecule has 0 saturated carbocycles. The van der Waals surface area contributed by atoms with Gasteiger partial charge in [0.25, 0.3) is 5.69 Å². The molecule has 0 radical (unpaired) electrons. The van der Waals surface area contributed by atoms with Crippen molar-refractivity contribution in [3.8, 4) is 22.8 Å². The van der Waals surface area contributed by atoms with Crippen LogP contribution in [0, 0.1) is 10.1 Å². The predicted molar refractivity (Wildman–Crippen MR) is 103 cm³/mol. The van der Waals surface area contributed by atoms with Gasteiger partial charge in [-0.2, -0.15) is 0 Å². The van der Waals surface area contributed by atoms with Gasteiger partial charge < -0.3 is 4.57 Å². The number of nitrogens with zero attached hydrogens (tertiary/aromatic N) is 4. The molecule has 6 nitrogen and oxygen atoms in total. The molecule has 0 spiro atoms. The summed E-state index contributed by atoms with van der Waals surface area (Å²) in [5.41, 5.74) is 2.95. The molecule has 0 bridgehead atoms. The second-order valence-electron chi connectivity index (χ2n) is 6.09. The van der Waals surface area contributed by atoms with Gasteiger partial charge >= 0.3 is 0 Å². The lowest BCUT2D eigenvalue weighted by Crippen LogP contribution is -2.04. The van der Waals surface area contributed by atoms with E-state index in [1.165, 1.54) is 12.1 Å². The Kier molecular flexibility index (Phi) is 4.45. The first-order chi connectivity index (χ1) is 13.2.